The van der Waals surface area contributed by atoms with E-state index in [4.69, 9.17) is 0 Å². The second-order valence-electron chi connectivity index (χ2n) is 8.60. The van der Waals surface area contributed by atoms with Crippen molar-refractivity contribution in [3.05, 3.63) is 59.2 Å². The molecule has 4 heteroatoms. The third-order valence-electron chi connectivity index (χ3n) is 6.07. The fraction of sp³-hybridized carbons (Fsp3) is 0.462. The molecule has 4 nitrogen and oxygen atoms in total. The maximum atomic E-state index is 4.65. The highest BCUT2D eigenvalue weighted by Gasteiger charge is 2.06. The number of nitrogens with zero attached hydrogens (tertiary/aromatic N) is 2. The monoisotopic (exact) mass is 402 g/mol. The van der Waals surface area contributed by atoms with Crippen LogP contribution < -0.4 is 0 Å². The lowest BCUT2D eigenvalue weighted by Crippen LogP contribution is -1.89. The normalized spacial score (nSPS) is 11.7. The van der Waals surface area contributed by atoms with E-state index in [1.54, 1.807) is 0 Å². The summed E-state index contributed by atoms with van der Waals surface area (Å²) in [6.45, 7) is 4.06. The number of H-pyrrole nitrogens is 2. The van der Waals surface area contributed by atoms with E-state index in [2.05, 4.69) is 56.3 Å². The highest BCUT2D eigenvalue weighted by atomic mass is 14.9. The van der Waals surface area contributed by atoms with E-state index in [-0.39, 0.29) is 0 Å². The lowest BCUT2D eigenvalue weighted by Gasteiger charge is -2.05. The predicted octanol–water partition coefficient (Wildman–Crippen LogP) is 6.96. The lowest BCUT2D eigenvalue weighted by atomic mass is 10.0. The molecule has 0 aliphatic rings. The Bertz CT molecular complexity index is 1000. The van der Waals surface area contributed by atoms with Crippen LogP contribution in [0.15, 0.2) is 36.4 Å². The van der Waals surface area contributed by atoms with Crippen LogP contribution in [0.25, 0.3) is 22.1 Å². The van der Waals surface area contributed by atoms with E-state index >= 15 is 0 Å². The molecule has 2 aromatic heterocycles. The second-order valence-corrected chi connectivity index (χ2v) is 8.60. The molecule has 0 aliphatic heterocycles. The van der Waals surface area contributed by atoms with Crippen LogP contribution in [0.1, 0.15) is 74.1 Å². The second kappa shape index (κ2) is 9.92. The largest absolute Gasteiger partial charge is 0.342 e. The van der Waals surface area contributed by atoms with Crippen LogP contribution in [0.5, 0.6) is 0 Å². The van der Waals surface area contributed by atoms with E-state index in [1.807, 2.05) is 13.8 Å². The number of aromatic amines is 2. The van der Waals surface area contributed by atoms with Crippen LogP contribution in [-0.4, -0.2) is 19.9 Å². The van der Waals surface area contributed by atoms with E-state index in [1.165, 1.54) is 73.5 Å². The van der Waals surface area contributed by atoms with Crippen molar-refractivity contribution >= 4 is 22.1 Å². The van der Waals surface area contributed by atoms with Crippen molar-refractivity contribution in [2.45, 2.75) is 78.1 Å². The zero-order chi connectivity index (χ0) is 20.8. The average Bonchev–Trinajstić information content (AvgIpc) is 3.31. The first-order valence-electron chi connectivity index (χ1n) is 11.6. The van der Waals surface area contributed by atoms with Gasteiger partial charge in [-0.25, -0.2) is 9.97 Å². The average molecular weight is 403 g/mol. The SMILES string of the molecule is Cc1nc2c(CCCCCCCCCCc3cccc4[nH]c(C)nc34)cccc2[nH]1. The van der Waals surface area contributed by atoms with Crippen molar-refractivity contribution in [3.8, 4) is 0 Å². The molecule has 4 rings (SSSR count). The zero-order valence-electron chi connectivity index (χ0n) is 18.4. The fourth-order valence-corrected chi connectivity index (χ4v) is 4.52. The Labute approximate surface area is 179 Å². The van der Waals surface area contributed by atoms with Crippen LogP contribution in [0, 0.1) is 13.8 Å². The molecule has 0 spiro atoms. The summed E-state index contributed by atoms with van der Waals surface area (Å²) in [5, 5.41) is 0. The van der Waals surface area contributed by atoms with Crippen molar-refractivity contribution in [1.82, 2.24) is 19.9 Å². The first kappa shape index (κ1) is 20.6. The number of unbranched alkanes of at least 4 members (excludes halogenated alkanes) is 7. The van der Waals surface area contributed by atoms with Crippen molar-refractivity contribution in [1.29, 1.82) is 0 Å². The number of aromatic nitrogens is 4. The van der Waals surface area contributed by atoms with Gasteiger partial charge < -0.3 is 9.97 Å². The predicted molar refractivity (Wildman–Crippen MR) is 126 cm³/mol. The van der Waals surface area contributed by atoms with Gasteiger partial charge in [-0.05, 0) is 62.8 Å². The highest BCUT2D eigenvalue weighted by molar-refractivity contribution is 5.79. The summed E-state index contributed by atoms with van der Waals surface area (Å²) in [6, 6.07) is 13.0. The molecule has 0 aliphatic carbocycles. The number of imidazole rings is 2. The molecule has 0 amide bonds. The standard InChI is InChI=1S/C26H34N4/c1-19-27-23-17-11-15-21(25(23)29-19)13-9-7-5-3-4-6-8-10-14-22-16-12-18-24-26(22)30-20(2)28-24/h11-12,15-18H,3-10,13-14H2,1-2H3,(H,27,29)(H,28,30). The molecule has 0 saturated carbocycles. The summed E-state index contributed by atoms with van der Waals surface area (Å²) in [6.07, 6.45) is 12.9. The number of hydrogen-bond acceptors (Lipinski definition) is 2. The summed E-state index contributed by atoms with van der Waals surface area (Å²) in [5.41, 5.74) is 7.44. The Morgan fingerprint density at radius 3 is 1.40 bits per heavy atom. The minimum atomic E-state index is 1.01. The maximum Gasteiger partial charge on any atom is 0.104 e. The molecule has 158 valence electrons. The van der Waals surface area contributed by atoms with E-state index in [0.29, 0.717) is 0 Å². The lowest BCUT2D eigenvalue weighted by molar-refractivity contribution is 0.568. The third kappa shape index (κ3) is 5.10. The smallest absolute Gasteiger partial charge is 0.104 e. The molecule has 0 unspecified atom stereocenters. The Morgan fingerprint density at radius 1 is 0.567 bits per heavy atom. The van der Waals surface area contributed by atoms with Crippen LogP contribution in [-0.2, 0) is 12.8 Å². The molecule has 0 saturated heterocycles. The van der Waals surface area contributed by atoms with Crippen molar-refractivity contribution < 1.29 is 0 Å². The van der Waals surface area contributed by atoms with Gasteiger partial charge in [0.15, 0.2) is 0 Å². The molecule has 2 heterocycles. The van der Waals surface area contributed by atoms with Crippen molar-refractivity contribution in [2.75, 3.05) is 0 Å². The fourth-order valence-electron chi connectivity index (χ4n) is 4.52. The topological polar surface area (TPSA) is 57.4 Å². The number of para-hydroxylation sites is 2. The van der Waals surface area contributed by atoms with Gasteiger partial charge in [-0.2, -0.15) is 0 Å². The van der Waals surface area contributed by atoms with Gasteiger partial charge >= 0.3 is 0 Å². The number of fused-ring (bicyclic) bond motifs is 2. The number of benzene rings is 2. The third-order valence-corrected chi connectivity index (χ3v) is 6.07. The van der Waals surface area contributed by atoms with Gasteiger partial charge in [-0.1, -0.05) is 62.8 Å². The van der Waals surface area contributed by atoms with Crippen molar-refractivity contribution in [3.63, 3.8) is 0 Å². The summed E-state index contributed by atoms with van der Waals surface area (Å²) in [5.74, 6) is 2.02. The molecule has 0 fully saturated rings. The van der Waals surface area contributed by atoms with E-state index in [9.17, 15) is 0 Å². The zero-order valence-corrected chi connectivity index (χ0v) is 18.4. The molecule has 30 heavy (non-hydrogen) atoms. The Morgan fingerprint density at radius 2 is 0.967 bits per heavy atom. The summed E-state index contributed by atoms with van der Waals surface area (Å²) in [7, 11) is 0. The van der Waals surface area contributed by atoms with Crippen LogP contribution in [0.3, 0.4) is 0 Å². The molecule has 0 radical (unpaired) electrons. The van der Waals surface area contributed by atoms with Gasteiger partial charge in [0.25, 0.3) is 0 Å². The first-order valence-corrected chi connectivity index (χ1v) is 11.6. The minimum Gasteiger partial charge on any atom is -0.342 e. The molecule has 4 aromatic rings. The Balaban J connectivity index is 1.08. The summed E-state index contributed by atoms with van der Waals surface area (Å²) in [4.78, 5) is 16.0. The van der Waals surface area contributed by atoms with Gasteiger partial charge in [-0.15, -0.1) is 0 Å². The van der Waals surface area contributed by atoms with Gasteiger partial charge in [0.05, 0.1) is 22.1 Å². The number of nitrogens with one attached hydrogen (secondary N) is 2. The highest BCUT2D eigenvalue weighted by Crippen LogP contribution is 2.21. The Kier molecular flexibility index (Phi) is 6.83. The van der Waals surface area contributed by atoms with E-state index in [0.717, 1.165) is 35.5 Å². The van der Waals surface area contributed by atoms with E-state index < -0.39 is 0 Å². The van der Waals surface area contributed by atoms with Gasteiger partial charge in [0.1, 0.15) is 11.6 Å². The number of aryl methyl sites for hydroxylation is 4. The molecule has 0 atom stereocenters. The van der Waals surface area contributed by atoms with Crippen LogP contribution >= 0.6 is 0 Å². The number of hydrogen-bond donors (Lipinski definition) is 2. The molecule has 2 N–H and O–H groups in total. The van der Waals surface area contributed by atoms with Crippen LogP contribution in [0.2, 0.25) is 0 Å². The number of rotatable bonds is 11. The minimum absolute atomic E-state index is 1.01. The van der Waals surface area contributed by atoms with Crippen LogP contribution in [0.4, 0.5) is 0 Å². The van der Waals surface area contributed by atoms with Gasteiger partial charge in [0, 0.05) is 0 Å². The quantitative estimate of drug-likeness (QED) is 0.266. The molecular weight excluding hydrogens is 368 g/mol. The molecular formula is C26H34N4. The first-order chi connectivity index (χ1) is 14.7. The molecule has 2 aromatic carbocycles. The maximum absolute atomic E-state index is 4.65. The van der Waals surface area contributed by atoms with Crippen molar-refractivity contribution in [2.24, 2.45) is 0 Å². The molecule has 0 bridgehead atoms. The Hall–Kier alpha value is -2.62. The summed E-state index contributed by atoms with van der Waals surface area (Å²) >= 11 is 0. The summed E-state index contributed by atoms with van der Waals surface area (Å²) < 4.78 is 0. The van der Waals surface area contributed by atoms with Gasteiger partial charge in [-0.3, -0.25) is 0 Å². The van der Waals surface area contributed by atoms with Gasteiger partial charge in [0.2, 0.25) is 0 Å².